The van der Waals surface area contributed by atoms with Crippen LogP contribution in [0.2, 0.25) is 0 Å². The average molecular weight is 362 g/mol. The van der Waals surface area contributed by atoms with Crippen LogP contribution in [0.15, 0.2) is 30.3 Å². The molecule has 0 aromatic heterocycles. The molecule has 1 aromatic carbocycles. The molecule has 1 unspecified atom stereocenters. The van der Waals surface area contributed by atoms with E-state index in [1.54, 1.807) is 23.7 Å². The SMILES string of the molecule is CN1C(=O)N2[C@H](c3ccccc3)SC[C@H]2C1C(=O)CCCCC(=O)O. The van der Waals surface area contributed by atoms with E-state index in [0.29, 0.717) is 19.3 Å². The number of ketones is 1. The third-order valence-corrected chi connectivity index (χ3v) is 6.17. The number of urea groups is 1. The minimum atomic E-state index is -0.843. The Labute approximate surface area is 151 Å². The van der Waals surface area contributed by atoms with Gasteiger partial charge in [0, 0.05) is 25.6 Å². The van der Waals surface area contributed by atoms with E-state index in [9.17, 15) is 14.4 Å². The van der Waals surface area contributed by atoms with Gasteiger partial charge in [0.05, 0.1) is 6.04 Å². The lowest BCUT2D eigenvalue weighted by molar-refractivity contribution is -0.137. The lowest BCUT2D eigenvalue weighted by atomic mass is 10.00. The van der Waals surface area contributed by atoms with Gasteiger partial charge in [-0.15, -0.1) is 11.8 Å². The molecule has 0 aliphatic carbocycles. The van der Waals surface area contributed by atoms with Crippen LogP contribution in [-0.4, -0.2) is 57.6 Å². The Kier molecular flexibility index (Phi) is 5.32. The Morgan fingerprint density at radius 2 is 1.88 bits per heavy atom. The molecule has 2 fully saturated rings. The summed E-state index contributed by atoms with van der Waals surface area (Å²) in [6.45, 7) is 0. The smallest absolute Gasteiger partial charge is 0.321 e. The van der Waals surface area contributed by atoms with Gasteiger partial charge in [0.15, 0.2) is 5.78 Å². The van der Waals surface area contributed by atoms with Crippen molar-refractivity contribution >= 4 is 29.5 Å². The van der Waals surface area contributed by atoms with Crippen molar-refractivity contribution in [2.45, 2.75) is 43.1 Å². The molecule has 1 aromatic rings. The van der Waals surface area contributed by atoms with Gasteiger partial charge in [-0.05, 0) is 18.4 Å². The van der Waals surface area contributed by atoms with Crippen molar-refractivity contribution in [2.75, 3.05) is 12.8 Å². The van der Waals surface area contributed by atoms with E-state index < -0.39 is 12.0 Å². The van der Waals surface area contributed by atoms with Crippen molar-refractivity contribution in [1.29, 1.82) is 0 Å². The molecule has 1 N–H and O–H groups in total. The van der Waals surface area contributed by atoms with E-state index in [1.165, 1.54) is 0 Å². The molecule has 25 heavy (non-hydrogen) atoms. The van der Waals surface area contributed by atoms with Crippen molar-refractivity contribution < 1.29 is 19.5 Å². The zero-order valence-electron chi connectivity index (χ0n) is 14.1. The van der Waals surface area contributed by atoms with Crippen LogP contribution in [-0.2, 0) is 9.59 Å². The Morgan fingerprint density at radius 3 is 2.56 bits per heavy atom. The van der Waals surface area contributed by atoms with Gasteiger partial charge in [-0.1, -0.05) is 30.3 Å². The van der Waals surface area contributed by atoms with Gasteiger partial charge in [-0.3, -0.25) is 9.59 Å². The highest BCUT2D eigenvalue weighted by Crippen LogP contribution is 2.46. The molecule has 2 saturated heterocycles. The van der Waals surface area contributed by atoms with Gasteiger partial charge >= 0.3 is 12.0 Å². The topological polar surface area (TPSA) is 77.9 Å². The van der Waals surface area contributed by atoms with E-state index in [4.69, 9.17) is 5.11 Å². The summed E-state index contributed by atoms with van der Waals surface area (Å²) in [5.74, 6) is -0.0750. The van der Waals surface area contributed by atoms with Crippen LogP contribution in [0.25, 0.3) is 0 Å². The fourth-order valence-corrected chi connectivity index (χ4v) is 5.08. The molecule has 134 valence electrons. The predicted octanol–water partition coefficient (Wildman–Crippen LogP) is 2.75. The van der Waals surface area contributed by atoms with Crippen LogP contribution in [0.5, 0.6) is 0 Å². The first-order chi connectivity index (χ1) is 12.0. The summed E-state index contributed by atoms with van der Waals surface area (Å²) in [6.07, 6.45) is 1.43. The summed E-state index contributed by atoms with van der Waals surface area (Å²) in [4.78, 5) is 39.3. The van der Waals surface area contributed by atoms with E-state index in [1.807, 2.05) is 35.2 Å². The minimum absolute atomic E-state index is 0.0306. The fraction of sp³-hybridized carbons (Fsp3) is 0.500. The van der Waals surface area contributed by atoms with Gasteiger partial charge < -0.3 is 14.9 Å². The van der Waals surface area contributed by atoms with Crippen molar-refractivity contribution in [2.24, 2.45) is 0 Å². The van der Waals surface area contributed by atoms with E-state index in [-0.39, 0.29) is 29.7 Å². The number of fused-ring (bicyclic) bond motifs is 1. The first-order valence-corrected chi connectivity index (χ1v) is 9.51. The molecule has 0 spiro atoms. The van der Waals surface area contributed by atoms with Crippen molar-refractivity contribution in [1.82, 2.24) is 9.80 Å². The lowest BCUT2D eigenvalue weighted by Crippen LogP contribution is -2.41. The summed E-state index contributed by atoms with van der Waals surface area (Å²) >= 11 is 1.70. The van der Waals surface area contributed by atoms with Gasteiger partial charge in [0.25, 0.3) is 0 Å². The molecule has 2 heterocycles. The molecular formula is C18H22N2O4S. The molecule has 2 aliphatic heterocycles. The number of rotatable bonds is 7. The second-order valence-electron chi connectivity index (χ2n) is 6.48. The highest BCUT2D eigenvalue weighted by atomic mass is 32.2. The Hall–Kier alpha value is -2.02. The number of thioether (sulfide) groups is 1. The number of benzene rings is 1. The lowest BCUT2D eigenvalue weighted by Gasteiger charge is -2.22. The maximum Gasteiger partial charge on any atom is 0.321 e. The third-order valence-electron chi connectivity index (χ3n) is 4.82. The summed E-state index contributed by atoms with van der Waals surface area (Å²) in [7, 11) is 1.69. The Bertz CT molecular complexity index is 666. The molecule has 2 amide bonds. The highest BCUT2D eigenvalue weighted by Gasteiger charge is 2.53. The number of unbranched alkanes of at least 4 members (excludes halogenated alkanes) is 1. The number of amides is 2. The monoisotopic (exact) mass is 362 g/mol. The van der Waals surface area contributed by atoms with E-state index in [2.05, 4.69) is 0 Å². The highest BCUT2D eigenvalue weighted by molar-refractivity contribution is 7.99. The zero-order valence-corrected chi connectivity index (χ0v) is 14.9. The second-order valence-corrected chi connectivity index (χ2v) is 7.59. The predicted molar refractivity (Wildman–Crippen MR) is 95.3 cm³/mol. The van der Waals surface area contributed by atoms with Crippen LogP contribution < -0.4 is 0 Å². The van der Waals surface area contributed by atoms with E-state index in [0.717, 1.165) is 11.3 Å². The number of hydrogen-bond donors (Lipinski definition) is 1. The molecule has 0 radical (unpaired) electrons. The van der Waals surface area contributed by atoms with Crippen molar-refractivity contribution in [3.63, 3.8) is 0 Å². The first kappa shape index (κ1) is 17.8. The van der Waals surface area contributed by atoms with Gasteiger partial charge in [-0.2, -0.15) is 0 Å². The summed E-state index contributed by atoms with van der Waals surface area (Å²) in [5.41, 5.74) is 1.08. The minimum Gasteiger partial charge on any atom is -0.481 e. The van der Waals surface area contributed by atoms with E-state index >= 15 is 0 Å². The molecule has 7 heteroatoms. The van der Waals surface area contributed by atoms with Crippen LogP contribution in [0.1, 0.15) is 36.6 Å². The number of Topliss-reactive ketones (excluding diaryl/α,β-unsaturated/α-hetero) is 1. The van der Waals surface area contributed by atoms with Crippen LogP contribution in [0, 0.1) is 0 Å². The summed E-state index contributed by atoms with van der Waals surface area (Å²) in [6, 6.07) is 9.23. The van der Waals surface area contributed by atoms with Crippen molar-refractivity contribution in [3.8, 4) is 0 Å². The standard InChI is InChI=1S/C18H22N2O4S/c1-19-16(14(21)9-5-6-10-15(22)23)13-11-25-17(20(13)18(19)24)12-7-3-2-4-8-12/h2-4,7-8,13,16-17H,5-6,9-11H2,1H3,(H,22,23)/t13-,16?,17-/m0/s1. The molecule has 3 rings (SSSR count). The maximum atomic E-state index is 12.7. The van der Waals surface area contributed by atoms with Crippen LogP contribution in [0.4, 0.5) is 4.79 Å². The number of likely N-dealkylation sites (N-methyl/N-ethyl adjacent to an activating group) is 1. The number of hydrogen-bond acceptors (Lipinski definition) is 4. The average Bonchev–Trinajstić information content (AvgIpc) is 3.12. The van der Waals surface area contributed by atoms with Gasteiger partial charge in [-0.25, -0.2) is 4.79 Å². The number of carbonyl (C=O) groups excluding carboxylic acids is 2. The maximum absolute atomic E-state index is 12.7. The molecule has 6 nitrogen and oxygen atoms in total. The molecule has 0 saturated carbocycles. The third kappa shape index (κ3) is 3.51. The zero-order chi connectivity index (χ0) is 18.0. The normalized spacial score (nSPS) is 25.3. The van der Waals surface area contributed by atoms with Crippen LogP contribution in [0.3, 0.4) is 0 Å². The summed E-state index contributed by atoms with van der Waals surface area (Å²) < 4.78 is 0. The molecule has 3 atom stereocenters. The van der Waals surface area contributed by atoms with Crippen LogP contribution >= 0.6 is 11.8 Å². The quantitative estimate of drug-likeness (QED) is 0.755. The number of carbonyl (C=O) groups is 3. The second kappa shape index (κ2) is 7.47. The number of carboxylic acid groups (broad SMARTS) is 1. The Morgan fingerprint density at radius 1 is 1.20 bits per heavy atom. The summed E-state index contributed by atoms with van der Waals surface area (Å²) in [5, 5.41) is 8.63. The fourth-order valence-electron chi connectivity index (χ4n) is 3.60. The number of nitrogens with zero attached hydrogens (tertiary/aromatic N) is 2. The Balaban J connectivity index is 1.68. The van der Waals surface area contributed by atoms with Gasteiger partial charge in [0.2, 0.25) is 0 Å². The number of carboxylic acids is 1. The molecule has 2 aliphatic rings. The molecular weight excluding hydrogens is 340 g/mol. The number of aliphatic carboxylic acids is 1. The molecule has 0 bridgehead atoms. The first-order valence-electron chi connectivity index (χ1n) is 8.47. The van der Waals surface area contributed by atoms with Gasteiger partial charge in [0.1, 0.15) is 11.4 Å². The largest absolute Gasteiger partial charge is 0.481 e. The van der Waals surface area contributed by atoms with Crippen molar-refractivity contribution in [3.05, 3.63) is 35.9 Å².